The van der Waals surface area contributed by atoms with Crippen molar-refractivity contribution in [2.45, 2.75) is 6.92 Å². The van der Waals surface area contributed by atoms with E-state index in [1.165, 1.54) is 0 Å². The Morgan fingerprint density at radius 3 is 2.82 bits per heavy atom. The number of nitrogens with one attached hydrogen (secondary N) is 1. The van der Waals surface area contributed by atoms with Crippen LogP contribution in [0.4, 0.5) is 5.82 Å². The molecule has 1 amide bonds. The number of carbonyl (C=O) groups excluding carboxylic acids is 1. The highest BCUT2D eigenvalue weighted by Crippen LogP contribution is 2.14. The Kier molecular flexibility index (Phi) is 3.49. The topological polar surface area (TPSA) is 54.9 Å². The maximum absolute atomic E-state index is 11.9. The van der Waals surface area contributed by atoms with Crippen molar-refractivity contribution in [2.24, 2.45) is 0 Å². The lowest BCUT2D eigenvalue weighted by atomic mass is 10.2. The summed E-state index contributed by atoms with van der Waals surface area (Å²) >= 11 is 3.23. The van der Waals surface area contributed by atoms with E-state index in [2.05, 4.69) is 31.2 Å². The molecule has 0 spiro atoms. The highest BCUT2D eigenvalue weighted by molar-refractivity contribution is 9.10. The first-order chi connectivity index (χ1) is 8.16. The number of nitrogens with zero attached hydrogens (tertiary/aromatic N) is 2. The molecule has 0 fully saturated rings. The number of aryl methyl sites for hydroxylation is 1. The van der Waals surface area contributed by atoms with Gasteiger partial charge in [0.05, 0.1) is 5.56 Å². The molecular weight excluding hydrogens is 282 g/mol. The molecule has 0 aliphatic heterocycles. The number of pyridine rings is 2. The van der Waals surface area contributed by atoms with Gasteiger partial charge in [0.2, 0.25) is 0 Å². The average Bonchev–Trinajstić information content (AvgIpc) is 2.29. The van der Waals surface area contributed by atoms with Crippen LogP contribution in [0.5, 0.6) is 0 Å². The van der Waals surface area contributed by atoms with Gasteiger partial charge in [-0.15, -0.1) is 0 Å². The minimum atomic E-state index is -0.233. The van der Waals surface area contributed by atoms with Crippen LogP contribution in [0, 0.1) is 6.92 Å². The SMILES string of the molecule is Cc1ccnc(NC(=O)c2cccnc2Br)c1. The van der Waals surface area contributed by atoms with E-state index in [1.807, 2.05) is 19.1 Å². The summed E-state index contributed by atoms with van der Waals surface area (Å²) in [6.07, 6.45) is 3.27. The van der Waals surface area contributed by atoms with Crippen LogP contribution in [-0.2, 0) is 0 Å². The summed E-state index contributed by atoms with van der Waals surface area (Å²) in [4.78, 5) is 20.0. The number of amides is 1. The van der Waals surface area contributed by atoms with Crippen LogP contribution in [0.2, 0.25) is 0 Å². The summed E-state index contributed by atoms with van der Waals surface area (Å²) in [6.45, 7) is 1.94. The number of halogens is 1. The Hall–Kier alpha value is -1.75. The number of hydrogen-bond donors (Lipinski definition) is 1. The van der Waals surface area contributed by atoms with Crippen LogP contribution in [0.1, 0.15) is 15.9 Å². The molecule has 0 unspecified atom stereocenters. The summed E-state index contributed by atoms with van der Waals surface area (Å²) in [5.74, 6) is 0.300. The molecule has 2 rings (SSSR count). The largest absolute Gasteiger partial charge is 0.306 e. The minimum absolute atomic E-state index is 0.233. The molecule has 2 heterocycles. The zero-order valence-corrected chi connectivity index (χ0v) is 10.7. The second-order valence-electron chi connectivity index (χ2n) is 3.51. The van der Waals surface area contributed by atoms with E-state index >= 15 is 0 Å². The molecule has 4 nitrogen and oxygen atoms in total. The van der Waals surface area contributed by atoms with Crippen LogP contribution in [0.25, 0.3) is 0 Å². The van der Waals surface area contributed by atoms with Crippen LogP contribution in [-0.4, -0.2) is 15.9 Å². The maximum atomic E-state index is 11.9. The second kappa shape index (κ2) is 5.05. The monoisotopic (exact) mass is 291 g/mol. The van der Waals surface area contributed by atoms with Gasteiger partial charge in [0, 0.05) is 12.4 Å². The highest BCUT2D eigenvalue weighted by Gasteiger charge is 2.10. The van der Waals surface area contributed by atoms with Gasteiger partial charge in [-0.3, -0.25) is 4.79 Å². The number of carbonyl (C=O) groups is 1. The fraction of sp³-hybridized carbons (Fsp3) is 0.0833. The third-order valence-corrected chi connectivity index (χ3v) is 2.79. The summed E-state index contributed by atoms with van der Waals surface area (Å²) in [5.41, 5.74) is 1.52. The zero-order chi connectivity index (χ0) is 12.3. The van der Waals surface area contributed by atoms with E-state index in [4.69, 9.17) is 0 Å². The van der Waals surface area contributed by atoms with Gasteiger partial charge in [-0.1, -0.05) is 0 Å². The molecule has 0 atom stereocenters. The molecule has 0 aliphatic carbocycles. The molecule has 1 N–H and O–H groups in total. The lowest BCUT2D eigenvalue weighted by Crippen LogP contribution is -2.14. The Morgan fingerprint density at radius 1 is 1.29 bits per heavy atom. The number of rotatable bonds is 2. The first-order valence-corrected chi connectivity index (χ1v) is 5.80. The van der Waals surface area contributed by atoms with Gasteiger partial charge in [-0.05, 0) is 52.7 Å². The van der Waals surface area contributed by atoms with E-state index in [0.717, 1.165) is 5.56 Å². The van der Waals surface area contributed by atoms with Crippen LogP contribution < -0.4 is 5.32 Å². The van der Waals surface area contributed by atoms with E-state index in [9.17, 15) is 4.79 Å². The van der Waals surface area contributed by atoms with Gasteiger partial charge >= 0.3 is 0 Å². The zero-order valence-electron chi connectivity index (χ0n) is 9.14. The molecular formula is C12H10BrN3O. The molecule has 0 radical (unpaired) electrons. The summed E-state index contributed by atoms with van der Waals surface area (Å²) in [5, 5.41) is 2.72. The quantitative estimate of drug-likeness (QED) is 0.866. The van der Waals surface area contributed by atoms with Crippen molar-refractivity contribution in [3.63, 3.8) is 0 Å². The molecule has 0 aromatic carbocycles. The summed E-state index contributed by atoms with van der Waals surface area (Å²) in [6, 6.07) is 7.09. The van der Waals surface area contributed by atoms with Crippen LogP contribution >= 0.6 is 15.9 Å². The van der Waals surface area contributed by atoms with E-state index in [-0.39, 0.29) is 5.91 Å². The normalized spacial score (nSPS) is 10.0. The van der Waals surface area contributed by atoms with Crippen LogP contribution in [0.3, 0.4) is 0 Å². The average molecular weight is 292 g/mol. The minimum Gasteiger partial charge on any atom is -0.306 e. The molecule has 0 bridgehead atoms. The Balaban J connectivity index is 2.20. The van der Waals surface area contributed by atoms with Gasteiger partial charge in [-0.25, -0.2) is 9.97 Å². The summed E-state index contributed by atoms with van der Waals surface area (Å²) < 4.78 is 0.519. The van der Waals surface area contributed by atoms with Crippen molar-refractivity contribution in [1.82, 2.24) is 9.97 Å². The van der Waals surface area contributed by atoms with E-state index in [1.54, 1.807) is 24.5 Å². The van der Waals surface area contributed by atoms with E-state index < -0.39 is 0 Å². The highest BCUT2D eigenvalue weighted by atomic mass is 79.9. The Morgan fingerprint density at radius 2 is 2.12 bits per heavy atom. The van der Waals surface area contributed by atoms with Crippen molar-refractivity contribution in [1.29, 1.82) is 0 Å². The number of anilines is 1. The van der Waals surface area contributed by atoms with Gasteiger partial charge < -0.3 is 5.32 Å². The number of hydrogen-bond acceptors (Lipinski definition) is 3. The Labute approximate surface area is 107 Å². The molecule has 0 saturated heterocycles. The molecule has 86 valence electrons. The molecule has 0 saturated carbocycles. The maximum Gasteiger partial charge on any atom is 0.259 e. The van der Waals surface area contributed by atoms with Crippen molar-refractivity contribution in [3.05, 3.63) is 52.4 Å². The number of aromatic nitrogens is 2. The third kappa shape index (κ3) is 2.88. The molecule has 17 heavy (non-hydrogen) atoms. The molecule has 2 aromatic heterocycles. The van der Waals surface area contributed by atoms with Crippen molar-refractivity contribution >= 4 is 27.7 Å². The van der Waals surface area contributed by atoms with Gasteiger partial charge in [0.1, 0.15) is 10.4 Å². The fourth-order valence-corrected chi connectivity index (χ4v) is 1.77. The predicted molar refractivity (Wildman–Crippen MR) is 68.9 cm³/mol. The first kappa shape index (κ1) is 11.7. The van der Waals surface area contributed by atoms with E-state index in [0.29, 0.717) is 16.0 Å². The van der Waals surface area contributed by atoms with Gasteiger partial charge in [0.25, 0.3) is 5.91 Å². The van der Waals surface area contributed by atoms with Crippen molar-refractivity contribution in [2.75, 3.05) is 5.32 Å². The summed E-state index contributed by atoms with van der Waals surface area (Å²) in [7, 11) is 0. The lowest BCUT2D eigenvalue weighted by Gasteiger charge is -2.05. The Bertz CT molecular complexity index is 557. The van der Waals surface area contributed by atoms with Gasteiger partial charge in [0.15, 0.2) is 0 Å². The first-order valence-electron chi connectivity index (χ1n) is 5.01. The van der Waals surface area contributed by atoms with Crippen molar-refractivity contribution < 1.29 is 4.79 Å². The van der Waals surface area contributed by atoms with Crippen LogP contribution in [0.15, 0.2) is 41.3 Å². The molecule has 2 aromatic rings. The van der Waals surface area contributed by atoms with Gasteiger partial charge in [-0.2, -0.15) is 0 Å². The standard InChI is InChI=1S/C12H10BrN3O/c1-8-4-6-14-10(7-8)16-12(17)9-3-2-5-15-11(9)13/h2-7H,1H3,(H,14,16,17). The lowest BCUT2D eigenvalue weighted by molar-refractivity contribution is 0.102. The second-order valence-corrected chi connectivity index (χ2v) is 4.27. The predicted octanol–water partition coefficient (Wildman–Crippen LogP) is 2.80. The fourth-order valence-electron chi connectivity index (χ4n) is 1.34. The third-order valence-electron chi connectivity index (χ3n) is 2.16. The molecule has 5 heteroatoms. The van der Waals surface area contributed by atoms with Crippen molar-refractivity contribution in [3.8, 4) is 0 Å². The molecule has 0 aliphatic rings. The smallest absolute Gasteiger partial charge is 0.259 e.